The van der Waals surface area contributed by atoms with Crippen LogP contribution in [0.25, 0.3) is 11.0 Å². The number of fused-ring (bicyclic) bond motifs is 1. The molecular weight excluding hydrogens is 505 g/mol. The summed E-state index contributed by atoms with van der Waals surface area (Å²) in [4.78, 5) is 34.4. The normalized spacial score (nSPS) is 12.5. The summed E-state index contributed by atoms with van der Waals surface area (Å²) in [5.74, 6) is 0.197. The lowest BCUT2D eigenvalue weighted by molar-refractivity contribution is -0.153. The number of benzene rings is 1. The van der Waals surface area contributed by atoms with Crippen LogP contribution in [0.2, 0.25) is 0 Å². The lowest BCUT2D eigenvalue weighted by Gasteiger charge is -2.18. The third kappa shape index (κ3) is 6.82. The van der Waals surface area contributed by atoms with Gasteiger partial charge < -0.3 is 9.64 Å². The number of imidazole rings is 1. The van der Waals surface area contributed by atoms with E-state index in [2.05, 4.69) is 9.97 Å². The van der Waals surface area contributed by atoms with Crippen molar-refractivity contribution in [3.05, 3.63) is 47.8 Å². The fourth-order valence-electron chi connectivity index (χ4n) is 3.14. The summed E-state index contributed by atoms with van der Waals surface area (Å²) in [7, 11) is -0.296. The van der Waals surface area contributed by atoms with Gasteiger partial charge in [0.25, 0.3) is 0 Å². The summed E-state index contributed by atoms with van der Waals surface area (Å²) < 4.78 is 57.1. The standard InChI is InChI=1S/C22H23F3N4O4S2/c1-14-17(26-9-8-19(14)33-13-22(23,24)25)12-35(32)20-27-16-6-4-5-7-18(16)29(20)21(31)28(3)10-11-34-15(2)30/h4-9H,10-13H2,1-3H3. The van der Waals surface area contributed by atoms with E-state index in [0.717, 1.165) is 11.8 Å². The SMILES string of the molecule is CC(=O)SCCN(C)C(=O)n1c(S(=O)Cc2nccc(OCC(F)(F)F)c2C)nc2ccccc21. The number of alkyl halides is 3. The first-order chi connectivity index (χ1) is 16.5. The van der Waals surface area contributed by atoms with Crippen molar-refractivity contribution in [2.24, 2.45) is 0 Å². The van der Waals surface area contributed by atoms with E-state index in [1.165, 1.54) is 35.6 Å². The highest BCUT2D eigenvalue weighted by molar-refractivity contribution is 8.13. The molecule has 2 aromatic heterocycles. The van der Waals surface area contributed by atoms with Gasteiger partial charge in [0.05, 0.1) is 33.3 Å². The van der Waals surface area contributed by atoms with Crippen molar-refractivity contribution < 1.29 is 31.7 Å². The predicted octanol–water partition coefficient (Wildman–Crippen LogP) is 4.17. The van der Waals surface area contributed by atoms with Crippen molar-refractivity contribution >= 4 is 44.7 Å². The zero-order valence-electron chi connectivity index (χ0n) is 19.2. The number of carbonyl (C=O) groups excluding carboxylic acids is 2. The minimum atomic E-state index is -4.50. The fraction of sp³-hybridized carbons (Fsp3) is 0.364. The second kappa shape index (κ2) is 11.2. The molecule has 0 aliphatic rings. The van der Waals surface area contributed by atoms with Crippen LogP contribution in [0.3, 0.4) is 0 Å². The van der Waals surface area contributed by atoms with Gasteiger partial charge in [-0.1, -0.05) is 23.9 Å². The van der Waals surface area contributed by atoms with Crippen LogP contribution >= 0.6 is 11.8 Å². The molecule has 0 bridgehead atoms. The second-order valence-corrected chi connectivity index (χ2v) is 10.2. The van der Waals surface area contributed by atoms with E-state index in [0.29, 0.717) is 22.3 Å². The summed E-state index contributed by atoms with van der Waals surface area (Å²) in [5.41, 5.74) is 1.50. The summed E-state index contributed by atoms with van der Waals surface area (Å²) >= 11 is 1.09. The number of para-hydroxylation sites is 2. The number of nitrogens with zero attached hydrogens (tertiary/aromatic N) is 4. The molecule has 13 heteroatoms. The van der Waals surface area contributed by atoms with Crippen LogP contribution < -0.4 is 4.74 Å². The molecule has 8 nitrogen and oxygen atoms in total. The smallest absolute Gasteiger partial charge is 0.422 e. The maximum absolute atomic E-state index is 13.4. The predicted molar refractivity (Wildman–Crippen MR) is 127 cm³/mol. The molecular formula is C22H23F3N4O4S2. The molecule has 1 atom stereocenters. The molecule has 3 rings (SSSR count). The number of amides is 1. The Hall–Kier alpha value is -2.93. The van der Waals surface area contributed by atoms with Gasteiger partial charge in [0.15, 0.2) is 11.7 Å². The van der Waals surface area contributed by atoms with Gasteiger partial charge in [0, 0.05) is 38.0 Å². The number of rotatable bonds is 8. The molecule has 35 heavy (non-hydrogen) atoms. The lowest BCUT2D eigenvalue weighted by Crippen LogP contribution is -2.34. The summed E-state index contributed by atoms with van der Waals surface area (Å²) in [6.45, 7) is 1.79. The van der Waals surface area contributed by atoms with Gasteiger partial charge in [-0.15, -0.1) is 0 Å². The Kier molecular flexibility index (Phi) is 8.54. The number of thioether (sulfide) groups is 1. The van der Waals surface area contributed by atoms with E-state index >= 15 is 0 Å². The Morgan fingerprint density at radius 1 is 1.23 bits per heavy atom. The number of hydrogen-bond acceptors (Lipinski definition) is 7. The third-order valence-corrected chi connectivity index (χ3v) is 6.91. The summed E-state index contributed by atoms with van der Waals surface area (Å²) in [6, 6.07) is 7.64. The lowest BCUT2D eigenvalue weighted by atomic mass is 10.2. The maximum Gasteiger partial charge on any atom is 0.422 e. The first-order valence-electron chi connectivity index (χ1n) is 10.4. The van der Waals surface area contributed by atoms with Crippen LogP contribution in [0.5, 0.6) is 5.75 Å². The van der Waals surface area contributed by atoms with Crippen LogP contribution in [0.15, 0.2) is 41.7 Å². The van der Waals surface area contributed by atoms with Gasteiger partial charge in [-0.05, 0) is 25.1 Å². The number of halogens is 3. The number of hydrogen-bond donors (Lipinski definition) is 0. The first kappa shape index (κ1) is 26.7. The number of carbonyl (C=O) groups is 2. The monoisotopic (exact) mass is 528 g/mol. The minimum Gasteiger partial charge on any atom is -0.484 e. The van der Waals surface area contributed by atoms with E-state index < -0.39 is 29.6 Å². The molecule has 188 valence electrons. The molecule has 1 amide bonds. The third-order valence-electron chi connectivity index (χ3n) is 4.90. The average molecular weight is 529 g/mol. The molecule has 0 radical (unpaired) electrons. The van der Waals surface area contributed by atoms with Crippen LogP contribution in [-0.4, -0.2) is 66.9 Å². The number of pyridine rings is 1. The van der Waals surface area contributed by atoms with Gasteiger partial charge in [0.1, 0.15) is 5.75 Å². The Morgan fingerprint density at radius 3 is 2.63 bits per heavy atom. The van der Waals surface area contributed by atoms with Crippen molar-refractivity contribution in [1.82, 2.24) is 19.4 Å². The van der Waals surface area contributed by atoms with Gasteiger partial charge in [-0.25, -0.2) is 14.3 Å². The maximum atomic E-state index is 13.4. The van der Waals surface area contributed by atoms with Crippen molar-refractivity contribution in [3.8, 4) is 5.75 Å². The summed E-state index contributed by atoms with van der Waals surface area (Å²) in [6.07, 6.45) is -3.22. The number of aromatic nitrogens is 3. The van der Waals surface area contributed by atoms with E-state index in [1.54, 1.807) is 31.3 Å². The summed E-state index contributed by atoms with van der Waals surface area (Å²) in [5, 5.41) is -0.0740. The van der Waals surface area contributed by atoms with Crippen LogP contribution in [0.1, 0.15) is 18.2 Å². The molecule has 0 fully saturated rings. The molecule has 0 aliphatic carbocycles. The Bertz CT molecular complexity index is 1260. The molecule has 2 heterocycles. The van der Waals surface area contributed by atoms with Gasteiger partial charge >= 0.3 is 12.2 Å². The Balaban J connectivity index is 1.89. The molecule has 1 aromatic carbocycles. The fourth-order valence-corrected chi connectivity index (χ4v) is 5.04. The molecule has 0 N–H and O–H groups in total. The van der Waals surface area contributed by atoms with Gasteiger partial charge in [-0.2, -0.15) is 13.2 Å². The highest BCUT2D eigenvalue weighted by Gasteiger charge is 2.29. The van der Waals surface area contributed by atoms with Crippen LogP contribution in [-0.2, 0) is 21.3 Å². The topological polar surface area (TPSA) is 94.4 Å². The minimum absolute atomic E-state index is 0.00918. The molecule has 3 aromatic rings. The number of ether oxygens (including phenoxy) is 1. The quantitative estimate of drug-likeness (QED) is 0.433. The van der Waals surface area contributed by atoms with Crippen LogP contribution in [0, 0.1) is 6.92 Å². The molecule has 0 saturated heterocycles. The first-order valence-corrected chi connectivity index (χ1v) is 12.7. The largest absolute Gasteiger partial charge is 0.484 e. The van der Waals surface area contributed by atoms with E-state index in [4.69, 9.17) is 4.74 Å². The Labute approximate surface area is 206 Å². The van der Waals surface area contributed by atoms with Crippen molar-refractivity contribution in [2.75, 3.05) is 26.0 Å². The zero-order chi connectivity index (χ0) is 25.8. The van der Waals surface area contributed by atoms with E-state index in [1.807, 2.05) is 0 Å². The Morgan fingerprint density at radius 2 is 1.94 bits per heavy atom. The van der Waals surface area contributed by atoms with Crippen molar-refractivity contribution in [2.45, 2.75) is 30.9 Å². The highest BCUT2D eigenvalue weighted by atomic mass is 32.2. The molecule has 1 unspecified atom stereocenters. The van der Waals surface area contributed by atoms with E-state index in [-0.39, 0.29) is 34.0 Å². The van der Waals surface area contributed by atoms with Crippen molar-refractivity contribution in [1.29, 1.82) is 0 Å². The molecule has 0 spiro atoms. The highest BCUT2D eigenvalue weighted by Crippen LogP contribution is 2.26. The van der Waals surface area contributed by atoms with Crippen LogP contribution in [0.4, 0.5) is 18.0 Å². The van der Waals surface area contributed by atoms with Gasteiger partial charge in [-0.3, -0.25) is 14.0 Å². The average Bonchev–Trinajstić information content (AvgIpc) is 3.18. The van der Waals surface area contributed by atoms with Gasteiger partial charge in [0.2, 0.25) is 5.16 Å². The van der Waals surface area contributed by atoms with Crippen molar-refractivity contribution in [3.63, 3.8) is 0 Å². The molecule has 0 saturated carbocycles. The zero-order valence-corrected chi connectivity index (χ0v) is 20.8. The second-order valence-electron chi connectivity index (χ2n) is 7.54. The van der Waals surface area contributed by atoms with E-state index in [9.17, 15) is 27.0 Å². The molecule has 0 aliphatic heterocycles.